The summed E-state index contributed by atoms with van der Waals surface area (Å²) in [5, 5.41) is 17.8. The van der Waals surface area contributed by atoms with E-state index in [0.717, 1.165) is 35.5 Å². The summed E-state index contributed by atoms with van der Waals surface area (Å²) in [7, 11) is 0. The van der Waals surface area contributed by atoms with Gasteiger partial charge in [0.05, 0.1) is 12.1 Å². The number of aromatic nitrogens is 5. The molecule has 8 nitrogen and oxygen atoms in total. The Kier molecular flexibility index (Phi) is 8.79. The summed E-state index contributed by atoms with van der Waals surface area (Å²) < 4.78 is 0. The normalized spacial score (nSPS) is 11.0. The molecule has 8 heteroatoms. The summed E-state index contributed by atoms with van der Waals surface area (Å²) in [5.41, 5.74) is 6.48. The van der Waals surface area contributed by atoms with Crippen LogP contribution in [0.1, 0.15) is 49.8 Å². The van der Waals surface area contributed by atoms with Gasteiger partial charge in [-0.05, 0) is 40.3 Å². The van der Waals surface area contributed by atoms with Crippen molar-refractivity contribution in [3.8, 4) is 22.6 Å². The quantitative estimate of drug-likeness (QED) is 0.193. The van der Waals surface area contributed by atoms with E-state index >= 15 is 0 Å². The van der Waals surface area contributed by atoms with Crippen LogP contribution in [0.3, 0.4) is 0 Å². The number of aromatic amines is 1. The average Bonchev–Trinajstić information content (AvgIpc) is 3.53. The number of rotatable bonds is 11. The molecule has 3 aromatic carbocycles. The maximum Gasteiger partial charge on any atom is 0.228 e. The van der Waals surface area contributed by atoms with E-state index in [4.69, 9.17) is 4.98 Å². The predicted octanol–water partition coefficient (Wildman–Crippen LogP) is 6.65. The van der Waals surface area contributed by atoms with Crippen LogP contribution in [-0.2, 0) is 17.8 Å². The molecule has 0 bridgehead atoms. The molecule has 0 saturated heterocycles. The van der Waals surface area contributed by atoms with Crippen LogP contribution in [0, 0.1) is 0 Å². The van der Waals surface area contributed by atoms with Crippen LogP contribution in [0.2, 0.25) is 0 Å². The minimum atomic E-state index is -0.0815. The molecule has 1 amide bonds. The number of hydrogen-bond donors (Lipinski definition) is 2. The first-order chi connectivity index (χ1) is 20.0. The molecule has 0 radical (unpaired) electrons. The van der Waals surface area contributed by atoms with Gasteiger partial charge in [-0.2, -0.15) is 5.21 Å². The molecular formula is C33H35N7O. The lowest BCUT2D eigenvalue weighted by atomic mass is 10.0. The number of benzene rings is 3. The Morgan fingerprint density at radius 3 is 2.32 bits per heavy atom. The number of anilines is 2. The molecule has 2 N–H and O–H groups in total. The molecule has 0 saturated carbocycles. The number of nitrogens with zero attached hydrogens (tertiary/aromatic N) is 5. The summed E-state index contributed by atoms with van der Waals surface area (Å²) >= 11 is 0. The van der Waals surface area contributed by atoms with Gasteiger partial charge in [0.25, 0.3) is 0 Å². The Morgan fingerprint density at radius 1 is 0.902 bits per heavy atom. The van der Waals surface area contributed by atoms with Gasteiger partial charge < -0.3 is 10.2 Å². The van der Waals surface area contributed by atoms with E-state index in [1.54, 1.807) is 0 Å². The molecule has 0 unspecified atom stereocenters. The van der Waals surface area contributed by atoms with Crippen LogP contribution in [0.25, 0.3) is 22.6 Å². The lowest BCUT2D eigenvalue weighted by molar-refractivity contribution is -0.115. The molecule has 0 fully saturated rings. The van der Waals surface area contributed by atoms with Crippen molar-refractivity contribution in [1.29, 1.82) is 0 Å². The van der Waals surface area contributed by atoms with Crippen LogP contribution in [0.4, 0.5) is 11.5 Å². The minimum Gasteiger partial charge on any atom is -0.352 e. The van der Waals surface area contributed by atoms with Gasteiger partial charge in [-0.3, -0.25) is 4.79 Å². The van der Waals surface area contributed by atoms with Gasteiger partial charge in [0, 0.05) is 36.0 Å². The number of pyridine rings is 1. The summed E-state index contributed by atoms with van der Waals surface area (Å²) in [5.74, 6) is 1.64. The Hall–Kier alpha value is -4.85. The van der Waals surface area contributed by atoms with E-state index in [-0.39, 0.29) is 12.3 Å². The van der Waals surface area contributed by atoms with Crippen molar-refractivity contribution < 1.29 is 4.79 Å². The van der Waals surface area contributed by atoms with E-state index in [9.17, 15) is 4.79 Å². The second-order valence-electron chi connectivity index (χ2n) is 10.4. The first kappa shape index (κ1) is 27.7. The van der Waals surface area contributed by atoms with Crippen LogP contribution < -0.4 is 10.2 Å². The standard InChI is InChI=1S/C33H35N7O/c1-4-18-40(22-25-10-6-5-7-11-25)31-21-27(34-32(41)19-24-14-16-26(17-15-24)23(2)3)20-30(35-31)28-12-8-9-13-29(28)33-36-38-39-37-33/h5-17,20-21,23H,4,18-19,22H2,1-3H3,(H,34,35,41)(H,36,37,38,39). The average molecular weight is 546 g/mol. The van der Waals surface area contributed by atoms with Crippen molar-refractivity contribution in [2.75, 3.05) is 16.8 Å². The van der Waals surface area contributed by atoms with E-state index in [2.05, 4.69) is 75.9 Å². The SMILES string of the molecule is CCCN(Cc1ccccc1)c1cc(NC(=O)Cc2ccc(C(C)C)cc2)cc(-c2ccccc2-c2nn[nH]n2)n1. The molecule has 0 aliphatic rings. The van der Waals surface area contributed by atoms with Gasteiger partial charge in [-0.1, -0.05) is 99.6 Å². The Morgan fingerprint density at radius 2 is 1.63 bits per heavy atom. The van der Waals surface area contributed by atoms with E-state index in [0.29, 0.717) is 29.7 Å². The van der Waals surface area contributed by atoms with Crippen molar-refractivity contribution in [3.05, 3.63) is 108 Å². The number of hydrogen-bond acceptors (Lipinski definition) is 6. The maximum atomic E-state index is 13.2. The molecule has 5 rings (SSSR count). The molecule has 208 valence electrons. The van der Waals surface area contributed by atoms with Crippen molar-refractivity contribution in [2.24, 2.45) is 0 Å². The summed E-state index contributed by atoms with van der Waals surface area (Å²) in [6.07, 6.45) is 1.24. The zero-order valence-electron chi connectivity index (χ0n) is 23.7. The fraction of sp³-hybridized carbons (Fsp3) is 0.242. The fourth-order valence-corrected chi connectivity index (χ4v) is 4.82. The van der Waals surface area contributed by atoms with Gasteiger partial charge in [0.2, 0.25) is 11.7 Å². The third kappa shape index (κ3) is 7.03. The predicted molar refractivity (Wildman–Crippen MR) is 163 cm³/mol. The van der Waals surface area contributed by atoms with Crippen LogP contribution in [0.5, 0.6) is 0 Å². The molecule has 41 heavy (non-hydrogen) atoms. The van der Waals surface area contributed by atoms with Gasteiger partial charge in [-0.15, -0.1) is 10.2 Å². The van der Waals surface area contributed by atoms with Crippen LogP contribution >= 0.6 is 0 Å². The van der Waals surface area contributed by atoms with Crippen molar-refractivity contribution >= 4 is 17.4 Å². The van der Waals surface area contributed by atoms with E-state index in [1.165, 1.54) is 11.1 Å². The third-order valence-electron chi connectivity index (χ3n) is 6.93. The topological polar surface area (TPSA) is 99.7 Å². The number of nitrogens with one attached hydrogen (secondary N) is 2. The first-order valence-corrected chi connectivity index (χ1v) is 14.0. The molecule has 2 aromatic heterocycles. The van der Waals surface area contributed by atoms with Crippen LogP contribution in [0.15, 0.2) is 91.0 Å². The molecule has 0 spiro atoms. The largest absolute Gasteiger partial charge is 0.352 e. The maximum absolute atomic E-state index is 13.2. The highest BCUT2D eigenvalue weighted by Crippen LogP contribution is 2.32. The molecule has 0 aliphatic carbocycles. The van der Waals surface area contributed by atoms with Crippen molar-refractivity contribution in [3.63, 3.8) is 0 Å². The molecule has 0 atom stereocenters. The highest BCUT2D eigenvalue weighted by Gasteiger charge is 2.17. The number of carbonyl (C=O) groups excluding carboxylic acids is 1. The summed E-state index contributed by atoms with van der Waals surface area (Å²) in [6.45, 7) is 7.99. The molecule has 5 aromatic rings. The summed E-state index contributed by atoms with van der Waals surface area (Å²) in [6, 6.07) is 30.3. The van der Waals surface area contributed by atoms with Gasteiger partial charge in [-0.25, -0.2) is 4.98 Å². The monoisotopic (exact) mass is 545 g/mol. The number of tetrazole rings is 1. The van der Waals surface area contributed by atoms with Gasteiger partial charge in [0.1, 0.15) is 5.82 Å². The van der Waals surface area contributed by atoms with Gasteiger partial charge in [0.15, 0.2) is 0 Å². The number of carbonyl (C=O) groups is 1. The Balaban J connectivity index is 1.50. The van der Waals surface area contributed by atoms with Gasteiger partial charge >= 0.3 is 0 Å². The lowest BCUT2D eigenvalue weighted by Crippen LogP contribution is -2.25. The lowest BCUT2D eigenvalue weighted by Gasteiger charge is -2.25. The van der Waals surface area contributed by atoms with E-state index in [1.807, 2.05) is 66.7 Å². The first-order valence-electron chi connectivity index (χ1n) is 14.0. The fourth-order valence-electron chi connectivity index (χ4n) is 4.82. The highest BCUT2D eigenvalue weighted by molar-refractivity contribution is 5.93. The van der Waals surface area contributed by atoms with Crippen LogP contribution in [-0.4, -0.2) is 38.1 Å². The van der Waals surface area contributed by atoms with E-state index < -0.39 is 0 Å². The molecule has 2 heterocycles. The number of amides is 1. The second-order valence-corrected chi connectivity index (χ2v) is 10.4. The Labute approximate surface area is 240 Å². The zero-order valence-corrected chi connectivity index (χ0v) is 23.7. The second kappa shape index (κ2) is 13.0. The highest BCUT2D eigenvalue weighted by atomic mass is 16.1. The van der Waals surface area contributed by atoms with Crippen molar-refractivity contribution in [2.45, 2.75) is 46.1 Å². The minimum absolute atomic E-state index is 0.0815. The van der Waals surface area contributed by atoms with Crippen molar-refractivity contribution in [1.82, 2.24) is 25.6 Å². The third-order valence-corrected chi connectivity index (χ3v) is 6.93. The molecular weight excluding hydrogens is 510 g/mol. The number of H-pyrrole nitrogens is 1. The molecule has 0 aliphatic heterocycles. The zero-order chi connectivity index (χ0) is 28.6. The Bertz CT molecular complexity index is 1570. The smallest absolute Gasteiger partial charge is 0.228 e. The summed E-state index contributed by atoms with van der Waals surface area (Å²) in [4.78, 5) is 20.6.